The van der Waals surface area contributed by atoms with E-state index >= 15 is 0 Å². The van der Waals surface area contributed by atoms with Gasteiger partial charge in [0.15, 0.2) is 5.82 Å². The largest absolute Gasteiger partial charge is 0.346 e. The minimum absolute atomic E-state index is 0.0955. The number of nitrogens with one attached hydrogen (secondary N) is 1. The predicted molar refractivity (Wildman–Crippen MR) is 93.2 cm³/mol. The van der Waals surface area contributed by atoms with E-state index < -0.39 is 0 Å². The smallest absolute Gasteiger partial charge is 0.340 e. The molecule has 1 fully saturated rings. The van der Waals surface area contributed by atoms with Crippen molar-refractivity contribution in [3.8, 4) is 11.4 Å². The number of para-hydroxylation sites is 2. The molecule has 0 aliphatic heterocycles. The van der Waals surface area contributed by atoms with Crippen molar-refractivity contribution in [3.05, 3.63) is 65.1 Å². The Morgan fingerprint density at radius 3 is 2.80 bits per heavy atom. The third kappa shape index (κ3) is 2.44. The second-order valence-electron chi connectivity index (χ2n) is 6.31. The summed E-state index contributed by atoms with van der Waals surface area (Å²) in [6.45, 7) is 0.320. The summed E-state index contributed by atoms with van der Waals surface area (Å²) in [6, 6.07) is 11.8. The van der Waals surface area contributed by atoms with Gasteiger partial charge in [-0.15, -0.1) is 5.10 Å². The van der Waals surface area contributed by atoms with E-state index in [2.05, 4.69) is 20.1 Å². The topological polar surface area (TPSA) is 81.4 Å². The van der Waals surface area contributed by atoms with Gasteiger partial charge in [0.25, 0.3) is 0 Å². The minimum Gasteiger partial charge on any atom is -0.340 e. The lowest BCUT2D eigenvalue weighted by Crippen LogP contribution is -2.25. The third-order valence-electron chi connectivity index (χ3n) is 4.44. The zero-order valence-electron chi connectivity index (χ0n) is 13.5. The van der Waals surface area contributed by atoms with Gasteiger partial charge in [0.05, 0.1) is 11.0 Å². The maximum absolute atomic E-state index is 12.9. The van der Waals surface area contributed by atoms with Gasteiger partial charge in [-0.05, 0) is 37.1 Å². The zero-order chi connectivity index (χ0) is 16.8. The number of fused-ring (bicyclic) bond motifs is 1. The van der Waals surface area contributed by atoms with Crippen LogP contribution in [0.15, 0.2) is 53.6 Å². The van der Waals surface area contributed by atoms with Crippen LogP contribution in [0.3, 0.4) is 0 Å². The monoisotopic (exact) mass is 332 g/mol. The molecule has 4 aromatic rings. The molecule has 0 atom stereocenters. The number of hydrogen-bond acceptors (Lipinski definition) is 4. The van der Waals surface area contributed by atoms with E-state index in [1.807, 2.05) is 36.4 Å². The van der Waals surface area contributed by atoms with Crippen molar-refractivity contribution in [2.75, 3.05) is 0 Å². The fourth-order valence-electron chi connectivity index (χ4n) is 3.10. The van der Waals surface area contributed by atoms with E-state index in [4.69, 9.17) is 0 Å². The van der Waals surface area contributed by atoms with Crippen LogP contribution in [0.5, 0.6) is 0 Å². The summed E-state index contributed by atoms with van der Waals surface area (Å²) in [7, 11) is 0. The molecule has 1 aromatic carbocycles. The Morgan fingerprint density at radius 2 is 2.04 bits per heavy atom. The fourth-order valence-corrected chi connectivity index (χ4v) is 3.10. The number of aromatic amines is 1. The van der Waals surface area contributed by atoms with E-state index in [9.17, 15) is 4.79 Å². The Balaban J connectivity index is 1.58. The van der Waals surface area contributed by atoms with Gasteiger partial charge in [0.2, 0.25) is 0 Å². The summed E-state index contributed by atoms with van der Waals surface area (Å²) in [5.74, 6) is 1.40. The highest BCUT2D eigenvalue weighted by Crippen LogP contribution is 2.36. The molecule has 0 bridgehead atoms. The number of H-pyrrole nitrogens is 1. The average Bonchev–Trinajstić information content (AvgIpc) is 3.31. The first-order valence-corrected chi connectivity index (χ1v) is 8.33. The standard InChI is InChI=1S/C18H16N6O/c25-18-23(11-16-20-14-5-1-2-6-15(14)21-16)22-17(24(18)13-7-8-13)12-4-3-9-19-10-12/h1-6,9-10,13H,7-8,11H2,(H,20,21). The van der Waals surface area contributed by atoms with Crippen molar-refractivity contribution in [1.82, 2.24) is 29.3 Å². The highest BCUT2D eigenvalue weighted by Gasteiger charge is 2.30. The van der Waals surface area contributed by atoms with Crippen molar-refractivity contribution in [2.45, 2.75) is 25.4 Å². The molecule has 5 rings (SSSR count). The molecule has 124 valence electrons. The van der Waals surface area contributed by atoms with Gasteiger partial charge in [0, 0.05) is 24.0 Å². The lowest BCUT2D eigenvalue weighted by Gasteiger charge is -2.02. The molecule has 1 N–H and O–H groups in total. The van der Waals surface area contributed by atoms with Crippen LogP contribution in [-0.2, 0) is 6.54 Å². The van der Waals surface area contributed by atoms with Crippen LogP contribution in [0.2, 0.25) is 0 Å². The van der Waals surface area contributed by atoms with Gasteiger partial charge in [-0.2, -0.15) is 0 Å². The molecular weight excluding hydrogens is 316 g/mol. The Hall–Kier alpha value is -3.22. The van der Waals surface area contributed by atoms with Gasteiger partial charge in [-0.1, -0.05) is 12.1 Å². The van der Waals surface area contributed by atoms with Crippen LogP contribution in [0.4, 0.5) is 0 Å². The molecule has 1 saturated carbocycles. The van der Waals surface area contributed by atoms with E-state index in [0.29, 0.717) is 12.4 Å². The molecule has 7 nitrogen and oxygen atoms in total. The predicted octanol–water partition coefficient (Wildman–Crippen LogP) is 2.37. The van der Waals surface area contributed by atoms with E-state index in [0.717, 1.165) is 35.3 Å². The average molecular weight is 332 g/mol. The first kappa shape index (κ1) is 14.2. The second kappa shape index (κ2) is 5.41. The quantitative estimate of drug-likeness (QED) is 0.622. The molecule has 1 aliphatic rings. The molecule has 1 aliphatic carbocycles. The first-order chi connectivity index (χ1) is 12.3. The van der Waals surface area contributed by atoms with Crippen LogP contribution < -0.4 is 5.69 Å². The van der Waals surface area contributed by atoms with Crippen molar-refractivity contribution in [2.24, 2.45) is 0 Å². The van der Waals surface area contributed by atoms with E-state index in [1.165, 1.54) is 4.68 Å². The highest BCUT2D eigenvalue weighted by molar-refractivity contribution is 5.74. The zero-order valence-corrected chi connectivity index (χ0v) is 13.5. The molecule has 0 amide bonds. The van der Waals surface area contributed by atoms with Crippen LogP contribution in [0.1, 0.15) is 24.7 Å². The van der Waals surface area contributed by atoms with Crippen LogP contribution in [-0.4, -0.2) is 29.3 Å². The summed E-state index contributed by atoms with van der Waals surface area (Å²) in [4.78, 5) is 24.8. The summed E-state index contributed by atoms with van der Waals surface area (Å²) < 4.78 is 3.28. The van der Waals surface area contributed by atoms with Crippen molar-refractivity contribution in [3.63, 3.8) is 0 Å². The van der Waals surface area contributed by atoms with Crippen molar-refractivity contribution >= 4 is 11.0 Å². The lowest BCUT2D eigenvalue weighted by molar-refractivity contribution is 0.611. The summed E-state index contributed by atoms with van der Waals surface area (Å²) >= 11 is 0. The molecule has 3 heterocycles. The Kier molecular flexibility index (Phi) is 3.06. The molecule has 7 heteroatoms. The molecule has 0 unspecified atom stereocenters. The number of pyridine rings is 1. The molecule has 0 radical (unpaired) electrons. The fraction of sp³-hybridized carbons (Fsp3) is 0.222. The van der Waals surface area contributed by atoms with Crippen LogP contribution >= 0.6 is 0 Å². The number of rotatable bonds is 4. The first-order valence-electron chi connectivity index (χ1n) is 8.33. The minimum atomic E-state index is -0.0955. The summed E-state index contributed by atoms with van der Waals surface area (Å²) in [5, 5.41) is 4.57. The normalized spacial score (nSPS) is 14.2. The third-order valence-corrected chi connectivity index (χ3v) is 4.44. The second-order valence-corrected chi connectivity index (χ2v) is 6.31. The lowest BCUT2D eigenvalue weighted by atomic mass is 10.3. The Labute approximate surface area is 143 Å². The molecule has 0 spiro atoms. The van der Waals surface area contributed by atoms with Gasteiger partial charge in [-0.3, -0.25) is 9.55 Å². The van der Waals surface area contributed by atoms with Gasteiger partial charge in [-0.25, -0.2) is 14.5 Å². The van der Waals surface area contributed by atoms with Gasteiger partial charge >= 0.3 is 5.69 Å². The number of hydrogen-bond donors (Lipinski definition) is 1. The number of benzene rings is 1. The van der Waals surface area contributed by atoms with Crippen molar-refractivity contribution < 1.29 is 0 Å². The maximum atomic E-state index is 12.9. The SMILES string of the molecule is O=c1n(Cc2nc3ccccc3[nH]2)nc(-c2cccnc2)n1C1CC1. The van der Waals surface area contributed by atoms with Crippen LogP contribution in [0.25, 0.3) is 22.4 Å². The van der Waals surface area contributed by atoms with E-state index in [-0.39, 0.29) is 11.7 Å². The Bertz CT molecular complexity index is 1070. The maximum Gasteiger partial charge on any atom is 0.346 e. The van der Waals surface area contributed by atoms with E-state index in [1.54, 1.807) is 17.0 Å². The molecule has 0 saturated heterocycles. The molecule has 25 heavy (non-hydrogen) atoms. The molecular formula is C18H16N6O. The highest BCUT2D eigenvalue weighted by atomic mass is 16.2. The summed E-state index contributed by atoms with van der Waals surface area (Å²) in [6.07, 6.45) is 5.49. The van der Waals surface area contributed by atoms with Gasteiger partial charge in [0.1, 0.15) is 12.4 Å². The Morgan fingerprint density at radius 1 is 1.16 bits per heavy atom. The van der Waals surface area contributed by atoms with Gasteiger partial charge < -0.3 is 4.98 Å². The number of aromatic nitrogens is 6. The van der Waals surface area contributed by atoms with Crippen molar-refractivity contribution in [1.29, 1.82) is 0 Å². The van der Waals surface area contributed by atoms with Crippen LogP contribution in [0, 0.1) is 0 Å². The summed E-state index contributed by atoms with van der Waals surface area (Å²) in [5.41, 5.74) is 2.61. The molecule has 3 aromatic heterocycles. The number of imidazole rings is 1. The number of nitrogens with zero attached hydrogens (tertiary/aromatic N) is 5.